The monoisotopic (exact) mass is 281 g/mol. The third-order valence-corrected chi connectivity index (χ3v) is 2.90. The van der Waals surface area contributed by atoms with Crippen molar-refractivity contribution in [1.82, 2.24) is 15.5 Å². The van der Waals surface area contributed by atoms with Crippen LogP contribution in [0.25, 0.3) is 0 Å². The van der Waals surface area contributed by atoms with Crippen LogP contribution < -0.4 is 10.2 Å². The van der Waals surface area contributed by atoms with E-state index in [4.69, 9.17) is 5.26 Å². The summed E-state index contributed by atoms with van der Waals surface area (Å²) < 4.78 is 0. The molecular weight excluding hydrogens is 266 g/mol. The van der Waals surface area contributed by atoms with Gasteiger partial charge in [-0.05, 0) is 24.3 Å². The van der Waals surface area contributed by atoms with E-state index in [-0.39, 0.29) is 11.6 Å². The molecule has 0 aliphatic rings. The number of benzene rings is 1. The SMILES string of the molecule is CNC(=O)c1ccc(N(CCC#N)c2ccccc2)nn1. The van der Waals surface area contributed by atoms with Crippen molar-refractivity contribution in [3.8, 4) is 6.07 Å². The summed E-state index contributed by atoms with van der Waals surface area (Å²) in [5.74, 6) is 0.321. The lowest BCUT2D eigenvalue weighted by Crippen LogP contribution is -2.22. The molecule has 0 saturated carbocycles. The molecule has 1 aromatic heterocycles. The van der Waals surface area contributed by atoms with Crippen LogP contribution in [0.15, 0.2) is 42.5 Å². The van der Waals surface area contributed by atoms with Crippen molar-refractivity contribution in [2.24, 2.45) is 0 Å². The molecule has 6 nitrogen and oxygen atoms in total. The molecule has 0 aliphatic heterocycles. The summed E-state index contributed by atoms with van der Waals surface area (Å²) >= 11 is 0. The molecule has 0 radical (unpaired) electrons. The van der Waals surface area contributed by atoms with Crippen LogP contribution >= 0.6 is 0 Å². The fourth-order valence-corrected chi connectivity index (χ4v) is 1.86. The second-order valence-electron chi connectivity index (χ2n) is 4.25. The Balaban J connectivity index is 2.29. The number of carbonyl (C=O) groups is 1. The van der Waals surface area contributed by atoms with Gasteiger partial charge in [0.25, 0.3) is 5.91 Å². The highest BCUT2D eigenvalue weighted by Gasteiger charge is 2.12. The second-order valence-corrected chi connectivity index (χ2v) is 4.25. The molecule has 0 spiro atoms. The van der Waals surface area contributed by atoms with Gasteiger partial charge in [0.15, 0.2) is 11.5 Å². The zero-order valence-electron chi connectivity index (χ0n) is 11.7. The van der Waals surface area contributed by atoms with Crippen LogP contribution in [0.4, 0.5) is 11.5 Å². The van der Waals surface area contributed by atoms with Crippen LogP contribution in [0, 0.1) is 11.3 Å². The lowest BCUT2D eigenvalue weighted by Gasteiger charge is -2.22. The number of hydrogen-bond donors (Lipinski definition) is 1. The predicted molar refractivity (Wildman–Crippen MR) is 79.1 cm³/mol. The molecule has 6 heteroatoms. The lowest BCUT2D eigenvalue weighted by molar-refractivity contribution is 0.0957. The molecule has 0 atom stereocenters. The highest BCUT2D eigenvalue weighted by molar-refractivity contribution is 5.91. The van der Waals surface area contributed by atoms with Gasteiger partial charge in [-0.3, -0.25) is 4.79 Å². The van der Waals surface area contributed by atoms with Crippen LogP contribution in [0.5, 0.6) is 0 Å². The number of anilines is 2. The van der Waals surface area contributed by atoms with E-state index >= 15 is 0 Å². The van der Waals surface area contributed by atoms with Crippen molar-refractivity contribution >= 4 is 17.4 Å². The fourth-order valence-electron chi connectivity index (χ4n) is 1.86. The number of rotatable bonds is 5. The molecule has 1 aromatic carbocycles. The zero-order valence-corrected chi connectivity index (χ0v) is 11.7. The summed E-state index contributed by atoms with van der Waals surface area (Å²) in [7, 11) is 1.54. The smallest absolute Gasteiger partial charge is 0.271 e. The Morgan fingerprint density at radius 2 is 2.00 bits per heavy atom. The van der Waals surface area contributed by atoms with E-state index in [1.165, 1.54) is 0 Å². The minimum Gasteiger partial charge on any atom is -0.354 e. The van der Waals surface area contributed by atoms with Gasteiger partial charge in [-0.25, -0.2) is 0 Å². The summed E-state index contributed by atoms with van der Waals surface area (Å²) in [5.41, 5.74) is 1.18. The molecule has 0 bridgehead atoms. The Hall–Kier alpha value is -2.94. The van der Waals surface area contributed by atoms with Crippen molar-refractivity contribution in [3.63, 3.8) is 0 Å². The topological polar surface area (TPSA) is 81.9 Å². The van der Waals surface area contributed by atoms with Crippen LogP contribution in [0.2, 0.25) is 0 Å². The van der Waals surface area contributed by atoms with Crippen LogP contribution in [-0.4, -0.2) is 29.7 Å². The number of nitrogens with zero attached hydrogens (tertiary/aromatic N) is 4. The normalized spacial score (nSPS) is 9.71. The fraction of sp³-hybridized carbons (Fsp3) is 0.200. The van der Waals surface area contributed by atoms with Gasteiger partial charge >= 0.3 is 0 Å². The van der Waals surface area contributed by atoms with E-state index in [1.807, 2.05) is 35.2 Å². The molecule has 2 aromatic rings. The third kappa shape index (κ3) is 3.54. The van der Waals surface area contributed by atoms with E-state index < -0.39 is 0 Å². The van der Waals surface area contributed by atoms with Gasteiger partial charge in [0.2, 0.25) is 0 Å². The standard InChI is InChI=1S/C15H15N5O/c1-17-15(21)13-8-9-14(19-18-13)20(11-5-10-16)12-6-3-2-4-7-12/h2-4,6-9H,5,11H2,1H3,(H,17,21). The molecule has 106 valence electrons. The average molecular weight is 281 g/mol. The van der Waals surface area contributed by atoms with E-state index in [0.29, 0.717) is 18.8 Å². The molecule has 1 heterocycles. The van der Waals surface area contributed by atoms with E-state index in [0.717, 1.165) is 5.69 Å². The van der Waals surface area contributed by atoms with Gasteiger partial charge in [0, 0.05) is 19.3 Å². The first kappa shape index (κ1) is 14.5. The Morgan fingerprint density at radius 1 is 1.24 bits per heavy atom. The molecule has 21 heavy (non-hydrogen) atoms. The Kier molecular flexibility index (Phi) is 4.83. The maximum Gasteiger partial charge on any atom is 0.271 e. The maximum absolute atomic E-state index is 11.5. The van der Waals surface area contributed by atoms with E-state index in [9.17, 15) is 4.79 Å². The van der Waals surface area contributed by atoms with Gasteiger partial charge < -0.3 is 10.2 Å². The van der Waals surface area contributed by atoms with Gasteiger partial charge in [0.1, 0.15) is 0 Å². The zero-order chi connectivity index (χ0) is 15.1. The summed E-state index contributed by atoms with van der Waals surface area (Å²) in [4.78, 5) is 13.4. The van der Waals surface area contributed by atoms with Crippen molar-refractivity contribution in [3.05, 3.63) is 48.2 Å². The minimum atomic E-state index is -0.280. The summed E-state index contributed by atoms with van der Waals surface area (Å²) in [5, 5.41) is 19.3. The molecule has 1 N–H and O–H groups in total. The van der Waals surface area contributed by atoms with Crippen molar-refractivity contribution in [2.75, 3.05) is 18.5 Å². The first-order valence-corrected chi connectivity index (χ1v) is 6.51. The predicted octanol–water partition coefficient (Wildman–Crippen LogP) is 1.89. The highest BCUT2D eigenvalue weighted by atomic mass is 16.1. The Labute approximate surface area is 123 Å². The molecule has 2 rings (SSSR count). The van der Waals surface area contributed by atoms with Gasteiger partial charge in [-0.2, -0.15) is 5.26 Å². The molecule has 0 fully saturated rings. The van der Waals surface area contributed by atoms with Gasteiger partial charge in [0.05, 0.1) is 12.5 Å². The Bertz CT molecular complexity index is 633. The number of nitriles is 1. The quantitative estimate of drug-likeness (QED) is 0.905. The summed E-state index contributed by atoms with van der Waals surface area (Å²) in [6, 6.07) is 15.1. The number of nitrogens with one attached hydrogen (secondary N) is 1. The van der Waals surface area contributed by atoms with E-state index in [2.05, 4.69) is 21.6 Å². The van der Waals surface area contributed by atoms with Crippen LogP contribution in [-0.2, 0) is 0 Å². The lowest BCUT2D eigenvalue weighted by atomic mass is 10.2. The van der Waals surface area contributed by atoms with Crippen molar-refractivity contribution < 1.29 is 4.79 Å². The molecule has 1 amide bonds. The highest BCUT2D eigenvalue weighted by Crippen LogP contribution is 2.22. The van der Waals surface area contributed by atoms with E-state index in [1.54, 1.807) is 19.2 Å². The average Bonchev–Trinajstić information content (AvgIpc) is 2.56. The minimum absolute atomic E-state index is 0.259. The molecule has 0 unspecified atom stereocenters. The van der Waals surface area contributed by atoms with Gasteiger partial charge in [-0.1, -0.05) is 18.2 Å². The van der Waals surface area contributed by atoms with Crippen molar-refractivity contribution in [2.45, 2.75) is 6.42 Å². The van der Waals surface area contributed by atoms with Gasteiger partial charge in [-0.15, -0.1) is 10.2 Å². The number of para-hydroxylation sites is 1. The maximum atomic E-state index is 11.5. The van der Waals surface area contributed by atoms with Crippen LogP contribution in [0.3, 0.4) is 0 Å². The summed E-state index contributed by atoms with van der Waals surface area (Å²) in [6.07, 6.45) is 0.369. The first-order valence-electron chi connectivity index (χ1n) is 6.51. The first-order chi connectivity index (χ1) is 10.3. The number of carbonyl (C=O) groups excluding carboxylic acids is 1. The number of hydrogen-bond acceptors (Lipinski definition) is 5. The third-order valence-electron chi connectivity index (χ3n) is 2.90. The summed E-state index contributed by atoms with van der Waals surface area (Å²) in [6.45, 7) is 0.508. The largest absolute Gasteiger partial charge is 0.354 e. The molecule has 0 aliphatic carbocycles. The van der Waals surface area contributed by atoms with Crippen molar-refractivity contribution in [1.29, 1.82) is 5.26 Å². The number of amides is 1. The molecular formula is C15H15N5O. The van der Waals surface area contributed by atoms with Crippen LogP contribution in [0.1, 0.15) is 16.9 Å². The molecule has 0 saturated heterocycles. The second kappa shape index (κ2) is 7.01. The number of aromatic nitrogens is 2. The Morgan fingerprint density at radius 3 is 2.57 bits per heavy atom.